The van der Waals surface area contributed by atoms with Gasteiger partial charge in [-0.3, -0.25) is 0 Å². The molecule has 30 heavy (non-hydrogen) atoms. The Balaban J connectivity index is 1.73. The molecule has 0 atom stereocenters. The predicted molar refractivity (Wildman–Crippen MR) is 132 cm³/mol. The number of allylic oxidation sites excluding steroid dienone is 3. The van der Waals surface area contributed by atoms with Crippen LogP contribution in [0.2, 0.25) is 0 Å². The van der Waals surface area contributed by atoms with Crippen molar-refractivity contribution in [3.8, 4) is 0 Å². The van der Waals surface area contributed by atoms with Crippen molar-refractivity contribution in [2.24, 2.45) is 0 Å². The van der Waals surface area contributed by atoms with Gasteiger partial charge in [-0.05, 0) is 43.2 Å². The van der Waals surface area contributed by atoms with Crippen LogP contribution in [0.3, 0.4) is 0 Å². The summed E-state index contributed by atoms with van der Waals surface area (Å²) in [6.07, 6.45) is 9.10. The zero-order chi connectivity index (χ0) is 19.9. The minimum Gasteiger partial charge on any atom is -0.310 e. The van der Waals surface area contributed by atoms with Crippen LogP contribution >= 0.6 is 11.3 Å². The molecule has 144 valence electrons. The first kappa shape index (κ1) is 17.5. The van der Waals surface area contributed by atoms with Crippen LogP contribution in [0.5, 0.6) is 0 Å². The van der Waals surface area contributed by atoms with E-state index in [9.17, 15) is 0 Å². The fraction of sp³-hybridized carbons (Fsp3) is 0.0714. The summed E-state index contributed by atoms with van der Waals surface area (Å²) in [6, 6.07) is 30.7. The van der Waals surface area contributed by atoms with Gasteiger partial charge in [0.2, 0.25) is 0 Å². The molecule has 0 N–H and O–H groups in total. The fourth-order valence-electron chi connectivity index (χ4n) is 4.48. The number of benzene rings is 4. The van der Waals surface area contributed by atoms with Crippen molar-refractivity contribution in [3.63, 3.8) is 0 Å². The maximum absolute atomic E-state index is 2.42. The zero-order valence-electron chi connectivity index (χ0n) is 16.6. The Morgan fingerprint density at radius 3 is 2.20 bits per heavy atom. The molecular formula is C28H21NS. The third-order valence-electron chi connectivity index (χ3n) is 5.85. The summed E-state index contributed by atoms with van der Waals surface area (Å²) in [5.74, 6) is 0. The first-order chi connectivity index (χ1) is 14.9. The Hall–Kier alpha value is -3.36. The lowest BCUT2D eigenvalue weighted by atomic mass is 10.0. The third kappa shape index (κ3) is 2.76. The Morgan fingerprint density at radius 2 is 1.40 bits per heavy atom. The lowest BCUT2D eigenvalue weighted by molar-refractivity contribution is 0.998. The molecule has 1 aliphatic carbocycles. The molecule has 0 bridgehead atoms. The van der Waals surface area contributed by atoms with E-state index in [-0.39, 0.29) is 0 Å². The number of para-hydroxylation sites is 1. The Bertz CT molecular complexity index is 1440. The van der Waals surface area contributed by atoms with Gasteiger partial charge < -0.3 is 4.90 Å². The van der Waals surface area contributed by atoms with Gasteiger partial charge >= 0.3 is 0 Å². The number of hydrogen-bond acceptors (Lipinski definition) is 2. The second-order valence-corrected chi connectivity index (χ2v) is 8.75. The van der Waals surface area contributed by atoms with Crippen molar-refractivity contribution in [2.75, 3.05) is 4.90 Å². The molecule has 1 aliphatic rings. The summed E-state index contributed by atoms with van der Waals surface area (Å²) in [5, 5.41) is 5.30. The first-order valence-electron chi connectivity index (χ1n) is 10.4. The molecule has 0 radical (unpaired) electrons. The Morgan fingerprint density at radius 1 is 0.667 bits per heavy atom. The topological polar surface area (TPSA) is 3.24 Å². The van der Waals surface area contributed by atoms with E-state index in [0.717, 1.165) is 12.8 Å². The van der Waals surface area contributed by atoms with Gasteiger partial charge in [-0.15, -0.1) is 11.3 Å². The van der Waals surface area contributed by atoms with Crippen LogP contribution in [0.4, 0.5) is 11.4 Å². The van der Waals surface area contributed by atoms with Crippen LogP contribution in [0, 0.1) is 0 Å². The van der Waals surface area contributed by atoms with Crippen molar-refractivity contribution in [3.05, 3.63) is 109 Å². The number of hydrogen-bond donors (Lipinski definition) is 0. The molecule has 1 nitrogen and oxygen atoms in total. The van der Waals surface area contributed by atoms with Crippen molar-refractivity contribution < 1.29 is 0 Å². The van der Waals surface area contributed by atoms with Gasteiger partial charge in [-0.2, -0.15) is 0 Å². The van der Waals surface area contributed by atoms with E-state index in [1.165, 1.54) is 48.0 Å². The smallest absolute Gasteiger partial charge is 0.0547 e. The summed E-state index contributed by atoms with van der Waals surface area (Å²) >= 11 is 1.90. The highest BCUT2D eigenvalue weighted by Crippen LogP contribution is 2.45. The number of fused-ring (bicyclic) bond motifs is 5. The van der Waals surface area contributed by atoms with Crippen LogP contribution in [0.1, 0.15) is 12.8 Å². The number of thiophene rings is 1. The van der Waals surface area contributed by atoms with Gasteiger partial charge in [0, 0.05) is 42.3 Å². The summed E-state index contributed by atoms with van der Waals surface area (Å²) in [4.78, 5) is 2.42. The van der Waals surface area contributed by atoms with Crippen LogP contribution in [-0.2, 0) is 0 Å². The van der Waals surface area contributed by atoms with E-state index < -0.39 is 0 Å². The fourth-order valence-corrected chi connectivity index (χ4v) is 5.70. The van der Waals surface area contributed by atoms with E-state index in [1.54, 1.807) is 0 Å². The van der Waals surface area contributed by atoms with Crippen LogP contribution in [0.25, 0.3) is 30.9 Å². The average molecular weight is 404 g/mol. The molecule has 2 heteroatoms. The zero-order valence-corrected chi connectivity index (χ0v) is 17.4. The van der Waals surface area contributed by atoms with Crippen LogP contribution in [0.15, 0.2) is 109 Å². The van der Waals surface area contributed by atoms with Crippen LogP contribution in [-0.4, -0.2) is 0 Å². The summed E-state index contributed by atoms with van der Waals surface area (Å²) in [7, 11) is 0. The third-order valence-corrected chi connectivity index (χ3v) is 7.07. The minimum atomic E-state index is 1.08. The number of anilines is 2. The van der Waals surface area contributed by atoms with Gasteiger partial charge in [-0.1, -0.05) is 72.8 Å². The largest absolute Gasteiger partial charge is 0.310 e. The summed E-state index contributed by atoms with van der Waals surface area (Å²) in [5.41, 5.74) is 3.68. The molecule has 5 aromatic rings. The van der Waals surface area contributed by atoms with Gasteiger partial charge in [0.15, 0.2) is 0 Å². The molecule has 0 amide bonds. The minimum absolute atomic E-state index is 1.08. The van der Waals surface area contributed by atoms with Gasteiger partial charge in [0.1, 0.15) is 0 Å². The van der Waals surface area contributed by atoms with E-state index in [0.29, 0.717) is 0 Å². The maximum atomic E-state index is 2.42. The highest BCUT2D eigenvalue weighted by Gasteiger charge is 2.19. The van der Waals surface area contributed by atoms with Gasteiger partial charge in [-0.25, -0.2) is 0 Å². The lowest BCUT2D eigenvalue weighted by Crippen LogP contribution is -2.16. The monoisotopic (exact) mass is 403 g/mol. The van der Waals surface area contributed by atoms with E-state index >= 15 is 0 Å². The molecule has 0 unspecified atom stereocenters. The normalized spacial score (nSPS) is 13.8. The molecule has 0 saturated carbocycles. The standard InChI is InChI=1S/C28H21NS/c1-3-11-20(12-4-1)29(21-13-5-2-6-14-21)26-19-25-23-16-9-10-18-27(23)30-28(25)24-17-8-7-15-22(24)26/h1,3-5,7-19H,2,6H2. The highest BCUT2D eigenvalue weighted by atomic mass is 32.1. The SMILES string of the molecule is C1=CC(N(c2ccccc2)c2cc3c4ccccc4sc3c3ccccc23)=CCC1. The Kier molecular flexibility index (Phi) is 4.17. The average Bonchev–Trinajstić information content (AvgIpc) is 3.20. The second kappa shape index (κ2) is 7.16. The van der Waals surface area contributed by atoms with Crippen LogP contribution < -0.4 is 4.90 Å². The summed E-state index contributed by atoms with van der Waals surface area (Å²) in [6.45, 7) is 0. The van der Waals surface area contributed by atoms with Crippen molar-refractivity contribution >= 4 is 53.7 Å². The van der Waals surface area contributed by atoms with E-state index in [1.807, 2.05) is 11.3 Å². The molecule has 0 spiro atoms. The summed E-state index contributed by atoms with van der Waals surface area (Å²) < 4.78 is 2.72. The second-order valence-electron chi connectivity index (χ2n) is 7.70. The Labute approximate surface area is 180 Å². The molecule has 6 rings (SSSR count). The lowest BCUT2D eigenvalue weighted by Gasteiger charge is -2.29. The van der Waals surface area contributed by atoms with Gasteiger partial charge in [0.05, 0.1) is 5.69 Å². The van der Waals surface area contributed by atoms with Crippen molar-refractivity contribution in [1.29, 1.82) is 0 Å². The molecule has 0 saturated heterocycles. The first-order valence-corrected chi connectivity index (χ1v) is 11.3. The number of rotatable bonds is 3. The molecule has 1 heterocycles. The molecule has 0 aliphatic heterocycles. The highest BCUT2D eigenvalue weighted by molar-refractivity contribution is 7.26. The van der Waals surface area contributed by atoms with Crippen molar-refractivity contribution in [1.82, 2.24) is 0 Å². The number of nitrogens with zero attached hydrogens (tertiary/aromatic N) is 1. The molecule has 4 aromatic carbocycles. The molecule has 0 fully saturated rings. The molecular weight excluding hydrogens is 382 g/mol. The van der Waals surface area contributed by atoms with Crippen molar-refractivity contribution in [2.45, 2.75) is 12.8 Å². The quantitative estimate of drug-likeness (QED) is 0.291. The van der Waals surface area contributed by atoms with E-state index in [4.69, 9.17) is 0 Å². The molecule has 1 aromatic heterocycles. The predicted octanol–water partition coefficient (Wildman–Crippen LogP) is 8.58. The van der Waals surface area contributed by atoms with Gasteiger partial charge in [0.25, 0.3) is 0 Å². The van der Waals surface area contributed by atoms with E-state index in [2.05, 4.69) is 108 Å². The maximum Gasteiger partial charge on any atom is 0.0547 e.